The van der Waals surface area contributed by atoms with Crippen molar-refractivity contribution in [1.29, 1.82) is 0 Å². The number of rotatable bonds is 5. The number of hydrogen-bond donors (Lipinski definition) is 3. The molecule has 24 heavy (non-hydrogen) atoms. The van der Waals surface area contributed by atoms with Gasteiger partial charge in [-0.1, -0.05) is 6.07 Å². The minimum atomic E-state index is -0.638. The first-order valence-corrected chi connectivity index (χ1v) is 7.88. The van der Waals surface area contributed by atoms with Crippen molar-refractivity contribution in [2.24, 2.45) is 0 Å². The fourth-order valence-corrected chi connectivity index (χ4v) is 2.54. The first-order chi connectivity index (χ1) is 11.6. The normalized spacial score (nSPS) is 19.2. The number of amides is 4. The Morgan fingerprint density at radius 2 is 2.00 bits per heavy atom. The topological polar surface area (TPSA) is 106 Å². The van der Waals surface area contributed by atoms with Crippen LogP contribution in [-0.4, -0.2) is 37.1 Å². The predicted molar refractivity (Wildman–Crippen MR) is 83.6 cm³/mol. The average molecular weight is 333 g/mol. The fourth-order valence-electron chi connectivity index (χ4n) is 2.54. The van der Waals surface area contributed by atoms with E-state index >= 15 is 0 Å². The molecule has 4 amide bonds. The maximum absolute atomic E-state index is 11.9. The molecule has 1 saturated heterocycles. The summed E-state index contributed by atoms with van der Waals surface area (Å²) >= 11 is 0. The van der Waals surface area contributed by atoms with Crippen LogP contribution in [0.3, 0.4) is 0 Å². The lowest BCUT2D eigenvalue weighted by Gasteiger charge is -2.11. The average Bonchev–Trinajstić information content (AvgIpc) is 2.76. The zero-order valence-electron chi connectivity index (χ0n) is 13.1. The fraction of sp³-hybridized carbons (Fsp3) is 0.438. The molecule has 3 N–H and O–H groups in total. The van der Waals surface area contributed by atoms with Crippen molar-refractivity contribution < 1.29 is 23.9 Å². The number of nitrogens with one attached hydrogen (secondary N) is 3. The molecule has 0 aliphatic carbocycles. The summed E-state index contributed by atoms with van der Waals surface area (Å²) in [5.41, 5.74) is 0.902. The van der Waals surface area contributed by atoms with E-state index in [1.54, 1.807) is 0 Å². The molecule has 1 atom stereocenters. The van der Waals surface area contributed by atoms with Gasteiger partial charge >= 0.3 is 6.03 Å². The first kappa shape index (κ1) is 16.1. The van der Waals surface area contributed by atoms with Gasteiger partial charge < -0.3 is 20.1 Å². The molecule has 0 spiro atoms. The zero-order valence-corrected chi connectivity index (χ0v) is 13.1. The Balaban J connectivity index is 1.47. The predicted octanol–water partition coefficient (Wildman–Crippen LogP) is 0.452. The molecule has 2 aliphatic rings. The molecule has 0 bridgehead atoms. The summed E-state index contributed by atoms with van der Waals surface area (Å²) in [4.78, 5) is 34.3. The van der Waals surface area contributed by atoms with Gasteiger partial charge in [-0.15, -0.1) is 0 Å². The highest BCUT2D eigenvalue weighted by Crippen LogP contribution is 2.30. The van der Waals surface area contributed by atoms with Gasteiger partial charge in [0.15, 0.2) is 11.5 Å². The van der Waals surface area contributed by atoms with Crippen LogP contribution in [0.5, 0.6) is 11.5 Å². The van der Waals surface area contributed by atoms with Crippen molar-refractivity contribution in [3.8, 4) is 11.5 Å². The molecule has 3 rings (SSSR count). The van der Waals surface area contributed by atoms with Crippen molar-refractivity contribution in [2.45, 2.75) is 31.8 Å². The van der Waals surface area contributed by atoms with E-state index in [1.807, 2.05) is 18.2 Å². The van der Waals surface area contributed by atoms with Gasteiger partial charge in [-0.2, -0.15) is 0 Å². The van der Waals surface area contributed by atoms with Crippen LogP contribution in [0.25, 0.3) is 0 Å². The number of imide groups is 1. The molecule has 2 heterocycles. The largest absolute Gasteiger partial charge is 0.490 e. The highest BCUT2D eigenvalue weighted by molar-refractivity contribution is 6.04. The minimum absolute atomic E-state index is 0.156. The lowest BCUT2D eigenvalue weighted by molar-refractivity contribution is -0.122. The Bertz CT molecular complexity index is 661. The van der Waals surface area contributed by atoms with Gasteiger partial charge in [-0.3, -0.25) is 14.9 Å². The van der Waals surface area contributed by atoms with Crippen molar-refractivity contribution in [2.75, 3.05) is 13.2 Å². The van der Waals surface area contributed by atoms with Gasteiger partial charge in [0.05, 0.1) is 13.2 Å². The molecule has 128 valence electrons. The molecule has 8 nitrogen and oxygen atoms in total. The molecular formula is C16H19N3O5. The Morgan fingerprint density at radius 1 is 1.21 bits per heavy atom. The molecule has 0 unspecified atom stereocenters. The number of fused-ring (bicyclic) bond motifs is 1. The van der Waals surface area contributed by atoms with E-state index in [4.69, 9.17) is 9.47 Å². The summed E-state index contributed by atoms with van der Waals surface area (Å²) in [5, 5.41) is 7.39. The Hall–Kier alpha value is -2.77. The van der Waals surface area contributed by atoms with E-state index in [9.17, 15) is 14.4 Å². The molecule has 0 aromatic heterocycles. The van der Waals surface area contributed by atoms with Crippen LogP contribution in [0, 0.1) is 0 Å². The Morgan fingerprint density at radius 3 is 2.75 bits per heavy atom. The van der Waals surface area contributed by atoms with E-state index in [0.29, 0.717) is 31.3 Å². The summed E-state index contributed by atoms with van der Waals surface area (Å²) < 4.78 is 11.2. The molecule has 0 radical (unpaired) electrons. The Kier molecular flexibility index (Phi) is 4.83. The first-order valence-electron chi connectivity index (χ1n) is 7.88. The lowest BCUT2D eigenvalue weighted by atomic mass is 10.1. The van der Waals surface area contributed by atoms with Gasteiger partial charge in [-0.25, -0.2) is 4.79 Å². The summed E-state index contributed by atoms with van der Waals surface area (Å²) in [6.45, 7) is 1.60. The SMILES string of the molecule is O=C(CC[C@@H]1NC(=O)NC1=O)NCc1ccc2c(c1)OCCCO2. The highest BCUT2D eigenvalue weighted by Gasteiger charge is 2.29. The van der Waals surface area contributed by atoms with Crippen LogP contribution in [0.1, 0.15) is 24.8 Å². The van der Waals surface area contributed by atoms with Crippen molar-refractivity contribution in [3.05, 3.63) is 23.8 Å². The third-order valence-electron chi connectivity index (χ3n) is 3.82. The number of ether oxygens (including phenoxy) is 2. The van der Waals surface area contributed by atoms with E-state index in [2.05, 4.69) is 16.0 Å². The van der Waals surface area contributed by atoms with E-state index in [0.717, 1.165) is 12.0 Å². The van der Waals surface area contributed by atoms with Crippen LogP contribution in [0.2, 0.25) is 0 Å². The van der Waals surface area contributed by atoms with Gasteiger partial charge in [0.1, 0.15) is 6.04 Å². The van der Waals surface area contributed by atoms with Gasteiger partial charge in [-0.05, 0) is 24.1 Å². The molecule has 1 aromatic carbocycles. The molecule has 8 heteroatoms. The number of carbonyl (C=O) groups is 3. The van der Waals surface area contributed by atoms with Crippen LogP contribution >= 0.6 is 0 Å². The smallest absolute Gasteiger partial charge is 0.322 e. The van der Waals surface area contributed by atoms with Crippen LogP contribution in [0.4, 0.5) is 4.79 Å². The van der Waals surface area contributed by atoms with Crippen molar-refractivity contribution >= 4 is 17.8 Å². The maximum Gasteiger partial charge on any atom is 0.322 e. The molecule has 0 saturated carbocycles. The summed E-state index contributed by atoms with van der Waals surface area (Å²) in [6.07, 6.45) is 1.26. The van der Waals surface area contributed by atoms with Crippen LogP contribution in [-0.2, 0) is 16.1 Å². The zero-order chi connectivity index (χ0) is 16.9. The van der Waals surface area contributed by atoms with Gasteiger partial charge in [0.2, 0.25) is 5.91 Å². The van der Waals surface area contributed by atoms with Gasteiger partial charge in [0, 0.05) is 19.4 Å². The second kappa shape index (κ2) is 7.20. The number of urea groups is 1. The minimum Gasteiger partial charge on any atom is -0.490 e. The highest BCUT2D eigenvalue weighted by atomic mass is 16.5. The third-order valence-corrected chi connectivity index (χ3v) is 3.82. The standard InChI is InChI=1S/C16H19N3O5/c20-14(5-3-11-15(21)19-16(22)18-11)17-9-10-2-4-12-13(8-10)24-7-1-6-23-12/h2,4,8,11H,1,3,5-7,9H2,(H,17,20)(H2,18,19,21,22)/t11-/m0/s1. The Labute approximate surface area is 138 Å². The number of carbonyl (C=O) groups excluding carboxylic acids is 3. The van der Waals surface area contributed by atoms with Crippen molar-refractivity contribution in [1.82, 2.24) is 16.0 Å². The summed E-state index contributed by atoms with van der Waals surface area (Å²) in [5.74, 6) is 0.821. The van der Waals surface area contributed by atoms with E-state index in [1.165, 1.54) is 0 Å². The maximum atomic E-state index is 11.9. The van der Waals surface area contributed by atoms with E-state index < -0.39 is 18.0 Å². The second-order valence-corrected chi connectivity index (χ2v) is 5.66. The quantitative estimate of drug-likeness (QED) is 0.679. The molecule has 1 aromatic rings. The van der Waals surface area contributed by atoms with E-state index in [-0.39, 0.29) is 18.7 Å². The second-order valence-electron chi connectivity index (χ2n) is 5.66. The van der Waals surface area contributed by atoms with Gasteiger partial charge in [0.25, 0.3) is 5.91 Å². The molecule has 2 aliphatic heterocycles. The monoisotopic (exact) mass is 333 g/mol. The summed E-state index contributed by atoms with van der Waals surface area (Å²) in [7, 11) is 0. The lowest BCUT2D eigenvalue weighted by Crippen LogP contribution is -2.31. The molecule has 1 fully saturated rings. The third kappa shape index (κ3) is 3.95. The summed E-state index contributed by atoms with van der Waals surface area (Å²) in [6, 6.07) is 4.41. The van der Waals surface area contributed by atoms with Crippen molar-refractivity contribution in [3.63, 3.8) is 0 Å². The van der Waals surface area contributed by atoms with Crippen LogP contribution < -0.4 is 25.4 Å². The van der Waals surface area contributed by atoms with Crippen LogP contribution in [0.15, 0.2) is 18.2 Å². The molecular weight excluding hydrogens is 314 g/mol. The number of hydrogen-bond acceptors (Lipinski definition) is 5. The number of benzene rings is 1.